The Morgan fingerprint density at radius 2 is 2.35 bits per heavy atom. The van der Waals surface area contributed by atoms with Gasteiger partial charge in [0.15, 0.2) is 11.4 Å². The molecule has 0 saturated carbocycles. The van der Waals surface area contributed by atoms with Crippen molar-refractivity contribution in [2.45, 2.75) is 45.1 Å². The third kappa shape index (κ3) is 3.66. The van der Waals surface area contributed by atoms with Crippen LogP contribution < -0.4 is 4.74 Å². The summed E-state index contributed by atoms with van der Waals surface area (Å²) in [4.78, 5) is 19.4. The molecule has 6 nitrogen and oxygen atoms in total. The number of carboxylic acid groups (broad SMARTS) is 1. The number of carboxylic acids is 1. The van der Waals surface area contributed by atoms with Crippen molar-refractivity contribution < 1.29 is 19.4 Å². The molecule has 0 spiro atoms. The Hall–Kier alpha value is -1.69. The summed E-state index contributed by atoms with van der Waals surface area (Å²) in [6.45, 7) is 4.90. The zero-order chi connectivity index (χ0) is 14.5. The summed E-state index contributed by atoms with van der Waals surface area (Å²) in [5.41, 5.74) is -0.0838. The molecule has 20 heavy (non-hydrogen) atoms. The number of hydrogen-bond acceptors (Lipinski definition) is 5. The van der Waals surface area contributed by atoms with E-state index in [-0.39, 0.29) is 23.5 Å². The summed E-state index contributed by atoms with van der Waals surface area (Å²) in [7, 11) is 0. The molecule has 1 aliphatic heterocycles. The average molecular weight is 280 g/mol. The molecule has 1 fully saturated rings. The predicted octanol–water partition coefficient (Wildman–Crippen LogP) is 2.25. The van der Waals surface area contributed by atoms with Crippen LogP contribution in [-0.4, -0.2) is 40.4 Å². The van der Waals surface area contributed by atoms with Gasteiger partial charge in [-0.2, -0.15) is 0 Å². The summed E-state index contributed by atoms with van der Waals surface area (Å²) in [6.07, 6.45) is 4.59. The lowest BCUT2D eigenvalue weighted by atomic mass is 10.1. The molecule has 2 heterocycles. The van der Waals surface area contributed by atoms with Crippen LogP contribution in [0.4, 0.5) is 0 Å². The third-order valence-corrected chi connectivity index (χ3v) is 3.19. The smallest absolute Gasteiger partial charge is 0.358 e. The van der Waals surface area contributed by atoms with Gasteiger partial charge in [0.2, 0.25) is 0 Å². The molecule has 0 aromatic carbocycles. The van der Waals surface area contributed by atoms with Gasteiger partial charge in [0.05, 0.1) is 12.3 Å². The van der Waals surface area contributed by atoms with E-state index in [2.05, 4.69) is 9.97 Å². The minimum Gasteiger partial charge on any atom is -0.487 e. The maximum absolute atomic E-state index is 11.2. The van der Waals surface area contributed by atoms with Crippen molar-refractivity contribution in [3.63, 3.8) is 0 Å². The van der Waals surface area contributed by atoms with E-state index < -0.39 is 5.97 Å². The van der Waals surface area contributed by atoms with Gasteiger partial charge in [0.25, 0.3) is 0 Å². The molecular formula is C14H20N2O4. The summed E-state index contributed by atoms with van der Waals surface area (Å²) in [6, 6.07) is 0. The summed E-state index contributed by atoms with van der Waals surface area (Å²) in [5, 5.41) is 9.21. The maximum atomic E-state index is 11.2. The van der Waals surface area contributed by atoms with Crippen LogP contribution >= 0.6 is 0 Å². The standard InChI is InChI=1S/C14H20N2O4/c1-9(2)13-15-7-11(12(16-13)14(17)18)20-8-10-5-3-4-6-19-10/h7,9-10H,3-6,8H2,1-2H3,(H,17,18). The van der Waals surface area contributed by atoms with Gasteiger partial charge >= 0.3 is 5.97 Å². The molecule has 1 aliphatic rings. The Labute approximate surface area is 118 Å². The molecule has 2 rings (SSSR count). The van der Waals surface area contributed by atoms with Crippen molar-refractivity contribution >= 4 is 5.97 Å². The fraction of sp³-hybridized carbons (Fsp3) is 0.643. The maximum Gasteiger partial charge on any atom is 0.358 e. The largest absolute Gasteiger partial charge is 0.487 e. The highest BCUT2D eigenvalue weighted by Gasteiger charge is 2.19. The molecule has 0 radical (unpaired) electrons. The van der Waals surface area contributed by atoms with Gasteiger partial charge in [-0.15, -0.1) is 0 Å². The van der Waals surface area contributed by atoms with E-state index in [1.54, 1.807) is 0 Å². The second-order valence-corrected chi connectivity index (χ2v) is 5.20. The average Bonchev–Trinajstić information content (AvgIpc) is 2.45. The van der Waals surface area contributed by atoms with Crippen LogP contribution in [0.25, 0.3) is 0 Å². The lowest BCUT2D eigenvalue weighted by Crippen LogP contribution is -2.26. The van der Waals surface area contributed by atoms with Crippen molar-refractivity contribution in [2.75, 3.05) is 13.2 Å². The Kier molecular flexibility index (Phi) is 4.89. The number of nitrogens with zero attached hydrogens (tertiary/aromatic N) is 2. The second kappa shape index (κ2) is 6.65. The van der Waals surface area contributed by atoms with Crippen LogP contribution in [0.15, 0.2) is 6.20 Å². The summed E-state index contributed by atoms with van der Waals surface area (Å²) < 4.78 is 11.1. The molecule has 0 bridgehead atoms. The van der Waals surface area contributed by atoms with E-state index in [9.17, 15) is 9.90 Å². The number of ether oxygens (including phenoxy) is 2. The quantitative estimate of drug-likeness (QED) is 0.890. The fourth-order valence-electron chi connectivity index (χ4n) is 2.04. The van der Waals surface area contributed by atoms with Gasteiger partial charge in [-0.1, -0.05) is 13.8 Å². The van der Waals surface area contributed by atoms with E-state index in [4.69, 9.17) is 9.47 Å². The first kappa shape index (κ1) is 14.7. The lowest BCUT2D eigenvalue weighted by Gasteiger charge is -2.22. The first-order chi connectivity index (χ1) is 9.58. The first-order valence-corrected chi connectivity index (χ1v) is 6.92. The highest BCUT2D eigenvalue weighted by atomic mass is 16.5. The topological polar surface area (TPSA) is 81.5 Å². The van der Waals surface area contributed by atoms with E-state index in [0.717, 1.165) is 25.9 Å². The van der Waals surface area contributed by atoms with Gasteiger partial charge in [0, 0.05) is 12.5 Å². The normalized spacial score (nSPS) is 19.1. The number of aromatic carboxylic acids is 1. The monoisotopic (exact) mass is 280 g/mol. The summed E-state index contributed by atoms with van der Waals surface area (Å²) in [5.74, 6) is -0.322. The van der Waals surface area contributed by atoms with Crippen molar-refractivity contribution in [2.24, 2.45) is 0 Å². The van der Waals surface area contributed by atoms with Crippen LogP contribution in [0.1, 0.15) is 55.3 Å². The first-order valence-electron chi connectivity index (χ1n) is 6.92. The Morgan fingerprint density at radius 3 is 2.95 bits per heavy atom. The number of carbonyl (C=O) groups is 1. The van der Waals surface area contributed by atoms with Crippen molar-refractivity contribution in [1.82, 2.24) is 9.97 Å². The minimum atomic E-state index is -1.10. The third-order valence-electron chi connectivity index (χ3n) is 3.19. The SMILES string of the molecule is CC(C)c1ncc(OCC2CCCCO2)c(C(=O)O)n1. The Morgan fingerprint density at radius 1 is 1.55 bits per heavy atom. The Balaban J connectivity index is 2.07. The highest BCUT2D eigenvalue weighted by Crippen LogP contribution is 2.20. The van der Waals surface area contributed by atoms with Crippen molar-refractivity contribution in [3.05, 3.63) is 17.7 Å². The zero-order valence-corrected chi connectivity index (χ0v) is 11.8. The second-order valence-electron chi connectivity index (χ2n) is 5.20. The van der Waals surface area contributed by atoms with Crippen LogP contribution in [0.2, 0.25) is 0 Å². The molecule has 1 saturated heterocycles. The molecule has 110 valence electrons. The van der Waals surface area contributed by atoms with Gasteiger partial charge in [0.1, 0.15) is 12.4 Å². The van der Waals surface area contributed by atoms with Crippen molar-refractivity contribution in [1.29, 1.82) is 0 Å². The molecule has 1 atom stereocenters. The van der Waals surface area contributed by atoms with E-state index in [0.29, 0.717) is 12.4 Å². The fourth-order valence-corrected chi connectivity index (χ4v) is 2.04. The molecule has 0 amide bonds. The number of aromatic nitrogens is 2. The van der Waals surface area contributed by atoms with Crippen LogP contribution in [0, 0.1) is 0 Å². The van der Waals surface area contributed by atoms with Gasteiger partial charge in [-0.25, -0.2) is 14.8 Å². The van der Waals surface area contributed by atoms with Gasteiger partial charge in [-0.05, 0) is 19.3 Å². The molecule has 1 aromatic rings. The van der Waals surface area contributed by atoms with Crippen molar-refractivity contribution in [3.8, 4) is 5.75 Å². The minimum absolute atomic E-state index is 0.0233. The number of rotatable bonds is 5. The molecule has 6 heteroatoms. The van der Waals surface area contributed by atoms with E-state index in [1.165, 1.54) is 6.20 Å². The predicted molar refractivity (Wildman–Crippen MR) is 72.2 cm³/mol. The van der Waals surface area contributed by atoms with Crippen LogP contribution in [0.5, 0.6) is 5.75 Å². The van der Waals surface area contributed by atoms with Gasteiger partial charge < -0.3 is 14.6 Å². The summed E-state index contributed by atoms with van der Waals surface area (Å²) >= 11 is 0. The van der Waals surface area contributed by atoms with E-state index in [1.807, 2.05) is 13.8 Å². The lowest BCUT2D eigenvalue weighted by molar-refractivity contribution is -0.0115. The number of hydrogen-bond donors (Lipinski definition) is 1. The van der Waals surface area contributed by atoms with Crippen LogP contribution in [-0.2, 0) is 4.74 Å². The van der Waals surface area contributed by atoms with E-state index >= 15 is 0 Å². The van der Waals surface area contributed by atoms with Crippen LogP contribution in [0.3, 0.4) is 0 Å². The molecule has 0 aliphatic carbocycles. The zero-order valence-electron chi connectivity index (χ0n) is 11.8. The molecule has 1 aromatic heterocycles. The molecule has 1 N–H and O–H groups in total. The highest BCUT2D eigenvalue weighted by molar-refractivity contribution is 5.88. The molecular weight excluding hydrogens is 260 g/mol. The van der Waals surface area contributed by atoms with Gasteiger partial charge in [-0.3, -0.25) is 0 Å². The molecule has 1 unspecified atom stereocenters. The Bertz CT molecular complexity index is 470.